The first-order valence-electron chi connectivity index (χ1n) is 5.85. The normalized spacial score (nSPS) is 23.2. The van der Waals surface area contributed by atoms with E-state index in [-0.39, 0.29) is 24.8 Å². The van der Waals surface area contributed by atoms with E-state index in [0.29, 0.717) is 6.54 Å². The molecular weight excluding hydrogens is 271 g/mol. The number of benzene rings is 1. The lowest BCUT2D eigenvalue weighted by molar-refractivity contribution is -0.00100. The van der Waals surface area contributed by atoms with Crippen molar-refractivity contribution in [2.45, 2.75) is 18.6 Å². The van der Waals surface area contributed by atoms with Crippen LogP contribution in [0.5, 0.6) is 0 Å². The number of likely N-dealkylation sites (N-methyl/N-ethyl adjacent to an activating group) is 1. The third-order valence-corrected chi connectivity index (χ3v) is 3.17. The summed E-state index contributed by atoms with van der Waals surface area (Å²) in [6.07, 6.45) is 0.862. The minimum absolute atomic E-state index is 0. The third-order valence-electron chi connectivity index (χ3n) is 3.17. The summed E-state index contributed by atoms with van der Waals surface area (Å²) in [5.74, 6) is 0. The Morgan fingerprint density at radius 3 is 2.56 bits per heavy atom. The molecule has 2 rings (SSSR count). The maximum atomic E-state index is 10.2. The van der Waals surface area contributed by atoms with E-state index in [9.17, 15) is 5.11 Å². The maximum Gasteiger partial charge on any atom is 0.0909 e. The van der Waals surface area contributed by atoms with Crippen LogP contribution in [0.3, 0.4) is 0 Å². The number of rotatable bonds is 4. The van der Waals surface area contributed by atoms with Crippen LogP contribution in [-0.2, 0) is 6.54 Å². The molecule has 1 aliphatic rings. The molecule has 1 heterocycles. The van der Waals surface area contributed by atoms with E-state index in [2.05, 4.69) is 34.5 Å². The molecule has 0 radical (unpaired) electrons. The molecule has 104 valence electrons. The van der Waals surface area contributed by atoms with Crippen molar-refractivity contribution in [1.29, 1.82) is 0 Å². The maximum absolute atomic E-state index is 10.2. The Labute approximate surface area is 121 Å². The van der Waals surface area contributed by atoms with Gasteiger partial charge in [-0.25, -0.2) is 0 Å². The summed E-state index contributed by atoms with van der Waals surface area (Å²) in [5.41, 5.74) is 0.778. The van der Waals surface area contributed by atoms with Crippen molar-refractivity contribution in [3.05, 3.63) is 35.9 Å². The Morgan fingerprint density at radius 2 is 1.94 bits per heavy atom. The molecule has 0 aromatic heterocycles. The number of β-amino-alcohol motifs (C(OH)–C–C–N with tert-alkyl or cyclic N) is 1. The highest BCUT2D eigenvalue weighted by molar-refractivity contribution is 5.15. The van der Waals surface area contributed by atoms with Crippen LogP contribution in [0.2, 0.25) is 0 Å². The average Bonchev–Trinajstić information content (AvgIpc) is 2.62. The fraction of sp³-hybridized carbons (Fsp3) is 0.538. The molecule has 1 saturated heterocycles. The molecule has 1 unspecified atom stereocenters. The number of nitrogens with one attached hydrogen (secondary N) is 1. The van der Waals surface area contributed by atoms with Crippen LogP contribution >= 0.6 is 0 Å². The Kier molecular flexibility index (Phi) is 7.83. The molecule has 1 aliphatic heterocycles. The monoisotopic (exact) mass is 290 g/mol. The van der Waals surface area contributed by atoms with E-state index in [1.54, 1.807) is 0 Å². The number of aliphatic hydroxyl groups is 1. The van der Waals surface area contributed by atoms with Crippen molar-refractivity contribution >= 4 is 0 Å². The predicted molar refractivity (Wildman–Crippen MR) is 65.2 cm³/mol. The Hall–Kier alpha value is -0.320. The fourth-order valence-corrected chi connectivity index (χ4v) is 2.39. The van der Waals surface area contributed by atoms with Crippen LogP contribution in [0, 0.1) is 0 Å². The van der Waals surface area contributed by atoms with Crippen LogP contribution in [0.1, 0.15) is 12.0 Å². The van der Waals surface area contributed by atoms with Crippen LogP contribution in [-0.4, -0.2) is 42.3 Å². The van der Waals surface area contributed by atoms with E-state index in [1.807, 2.05) is 13.1 Å². The Bertz CT molecular complexity index is 337. The highest BCUT2D eigenvalue weighted by Gasteiger charge is 2.34. The molecule has 3 nitrogen and oxygen atoms in total. The van der Waals surface area contributed by atoms with Crippen molar-refractivity contribution in [3.8, 4) is 0 Å². The van der Waals surface area contributed by atoms with Crippen molar-refractivity contribution < 1.29 is 29.9 Å². The number of hydrogen-bond donors (Lipinski definition) is 2. The number of halogens is 2. The van der Waals surface area contributed by atoms with Gasteiger partial charge in [0.1, 0.15) is 0 Å². The van der Waals surface area contributed by atoms with Crippen LogP contribution in [0.15, 0.2) is 30.3 Å². The molecule has 2 N–H and O–H groups in total. The van der Waals surface area contributed by atoms with Gasteiger partial charge >= 0.3 is 0 Å². The van der Waals surface area contributed by atoms with Crippen LogP contribution in [0.25, 0.3) is 0 Å². The largest absolute Gasteiger partial charge is 1.00 e. The summed E-state index contributed by atoms with van der Waals surface area (Å²) in [7, 11) is 1.89. The van der Waals surface area contributed by atoms with Crippen molar-refractivity contribution in [1.82, 2.24) is 10.2 Å². The number of likely N-dealkylation sites (tertiary alicyclic amines) is 1. The topological polar surface area (TPSA) is 35.5 Å². The summed E-state index contributed by atoms with van der Waals surface area (Å²) >= 11 is 0. The summed E-state index contributed by atoms with van der Waals surface area (Å²) in [5, 5.41) is 13.3. The molecule has 0 amide bonds. The van der Waals surface area contributed by atoms with Gasteiger partial charge in [0.15, 0.2) is 0 Å². The molecular formula is C13H20Cl2N2O-2. The molecule has 1 atom stereocenters. The standard InChI is InChI=1S/C13H20N2O.2ClH/c1-14-10-13(16)7-8-15(11-13)9-12-5-3-2-4-6-12;;/h2-6,14,16H,7-11H2,1H3;2*1H/p-2. The van der Waals surface area contributed by atoms with Gasteiger partial charge in [-0.3, -0.25) is 4.90 Å². The smallest absolute Gasteiger partial charge is 0.0909 e. The molecule has 0 saturated carbocycles. The van der Waals surface area contributed by atoms with E-state index >= 15 is 0 Å². The molecule has 0 spiro atoms. The van der Waals surface area contributed by atoms with E-state index in [0.717, 1.165) is 26.1 Å². The summed E-state index contributed by atoms with van der Waals surface area (Å²) in [4.78, 5) is 2.31. The van der Waals surface area contributed by atoms with Gasteiger partial charge in [-0.15, -0.1) is 0 Å². The van der Waals surface area contributed by atoms with Crippen LogP contribution < -0.4 is 30.1 Å². The van der Waals surface area contributed by atoms with E-state index in [1.165, 1.54) is 5.56 Å². The highest BCUT2D eigenvalue weighted by atomic mass is 35.5. The molecule has 18 heavy (non-hydrogen) atoms. The summed E-state index contributed by atoms with van der Waals surface area (Å²) < 4.78 is 0. The number of nitrogens with zero attached hydrogens (tertiary/aromatic N) is 1. The zero-order valence-electron chi connectivity index (χ0n) is 10.6. The second kappa shape index (κ2) is 7.97. The molecule has 1 aromatic rings. The zero-order valence-corrected chi connectivity index (χ0v) is 12.1. The van der Waals surface area contributed by atoms with Gasteiger partial charge in [-0.1, -0.05) is 30.3 Å². The predicted octanol–water partition coefficient (Wildman–Crippen LogP) is -5.15. The van der Waals surface area contributed by atoms with Gasteiger partial charge < -0.3 is 35.2 Å². The second-order valence-corrected chi connectivity index (χ2v) is 4.70. The minimum Gasteiger partial charge on any atom is -1.00 e. The molecule has 5 heteroatoms. The first kappa shape index (κ1) is 17.7. The van der Waals surface area contributed by atoms with Gasteiger partial charge in [0.2, 0.25) is 0 Å². The molecule has 0 bridgehead atoms. The first-order chi connectivity index (χ1) is 7.72. The molecule has 0 aliphatic carbocycles. The lowest BCUT2D eigenvalue weighted by atomic mass is 10.0. The van der Waals surface area contributed by atoms with Gasteiger partial charge in [0.05, 0.1) is 5.60 Å². The molecule has 1 fully saturated rings. The second-order valence-electron chi connectivity index (χ2n) is 4.70. The fourth-order valence-electron chi connectivity index (χ4n) is 2.39. The third kappa shape index (κ3) is 4.75. The van der Waals surface area contributed by atoms with Gasteiger partial charge in [0.25, 0.3) is 0 Å². The Morgan fingerprint density at radius 1 is 1.28 bits per heavy atom. The van der Waals surface area contributed by atoms with Gasteiger partial charge in [-0.2, -0.15) is 0 Å². The van der Waals surface area contributed by atoms with E-state index < -0.39 is 5.60 Å². The van der Waals surface area contributed by atoms with Gasteiger partial charge in [0, 0.05) is 26.2 Å². The highest BCUT2D eigenvalue weighted by Crippen LogP contribution is 2.22. The Balaban J connectivity index is 0.00000144. The SMILES string of the molecule is CNCC1(O)CCN(Cc2ccccc2)C1.[Cl-].[Cl-]. The number of hydrogen-bond acceptors (Lipinski definition) is 3. The van der Waals surface area contributed by atoms with Crippen molar-refractivity contribution in [2.75, 3.05) is 26.7 Å². The lowest BCUT2D eigenvalue weighted by Gasteiger charge is -2.23. The van der Waals surface area contributed by atoms with Crippen LogP contribution in [0.4, 0.5) is 0 Å². The lowest BCUT2D eigenvalue weighted by Crippen LogP contribution is -3.00. The quantitative estimate of drug-likeness (QED) is 0.582. The average molecular weight is 291 g/mol. The molecule has 1 aromatic carbocycles. The van der Waals surface area contributed by atoms with Gasteiger partial charge in [-0.05, 0) is 19.0 Å². The van der Waals surface area contributed by atoms with Crippen molar-refractivity contribution in [3.63, 3.8) is 0 Å². The van der Waals surface area contributed by atoms with Crippen molar-refractivity contribution in [2.24, 2.45) is 0 Å². The van der Waals surface area contributed by atoms with E-state index in [4.69, 9.17) is 0 Å². The zero-order chi connectivity index (χ0) is 11.4. The first-order valence-corrected chi connectivity index (χ1v) is 5.85. The minimum atomic E-state index is -0.538. The summed E-state index contributed by atoms with van der Waals surface area (Å²) in [6.45, 7) is 3.36. The summed E-state index contributed by atoms with van der Waals surface area (Å²) in [6, 6.07) is 10.4.